The smallest absolute Gasteiger partial charge is 0.0459 e. The van der Waals surface area contributed by atoms with Gasteiger partial charge in [0.05, 0.1) is 0 Å². The van der Waals surface area contributed by atoms with E-state index in [1.165, 1.54) is 17.7 Å². The molecule has 0 spiro atoms. The number of hydrogen-bond donors (Lipinski definition) is 1. The molecule has 2 aliphatic heterocycles. The zero-order valence-corrected chi connectivity index (χ0v) is 10.3. The van der Waals surface area contributed by atoms with Gasteiger partial charge in [-0.2, -0.15) is 0 Å². The Morgan fingerprint density at radius 2 is 2.31 bits per heavy atom. The summed E-state index contributed by atoms with van der Waals surface area (Å²) in [5.74, 6) is 0. The van der Waals surface area contributed by atoms with E-state index >= 15 is 0 Å². The molecule has 1 saturated heterocycles. The molecule has 1 aromatic carbocycles. The zero-order valence-electron chi connectivity index (χ0n) is 9.54. The van der Waals surface area contributed by atoms with Crippen LogP contribution in [0.1, 0.15) is 18.9 Å². The number of rotatable bonds is 1. The summed E-state index contributed by atoms with van der Waals surface area (Å²) < 4.78 is 0. The normalized spacial score (nSPS) is 27.8. The Labute approximate surface area is 102 Å². The highest BCUT2D eigenvalue weighted by molar-refractivity contribution is 6.30. The molecule has 0 aliphatic carbocycles. The van der Waals surface area contributed by atoms with Crippen molar-refractivity contribution in [2.45, 2.75) is 31.8 Å². The van der Waals surface area contributed by atoms with E-state index in [-0.39, 0.29) is 0 Å². The summed E-state index contributed by atoms with van der Waals surface area (Å²) in [6, 6.07) is 7.58. The quantitative estimate of drug-likeness (QED) is 0.806. The summed E-state index contributed by atoms with van der Waals surface area (Å²) in [5, 5.41) is 4.39. The third-order valence-electron chi connectivity index (χ3n) is 3.80. The third-order valence-corrected chi connectivity index (χ3v) is 4.03. The lowest BCUT2D eigenvalue weighted by atomic mass is 10.1. The molecule has 2 nitrogen and oxygen atoms in total. The lowest BCUT2D eigenvalue weighted by Gasteiger charge is -2.40. The van der Waals surface area contributed by atoms with Crippen molar-refractivity contribution in [1.29, 1.82) is 0 Å². The van der Waals surface area contributed by atoms with Crippen molar-refractivity contribution in [2.75, 3.05) is 18.0 Å². The van der Waals surface area contributed by atoms with Crippen molar-refractivity contribution in [1.82, 2.24) is 5.32 Å². The highest BCUT2D eigenvalue weighted by Gasteiger charge is 2.35. The van der Waals surface area contributed by atoms with Gasteiger partial charge in [-0.25, -0.2) is 0 Å². The van der Waals surface area contributed by atoms with Gasteiger partial charge in [0.2, 0.25) is 0 Å². The van der Waals surface area contributed by atoms with Crippen molar-refractivity contribution >= 4 is 17.3 Å². The Morgan fingerprint density at radius 1 is 1.44 bits per heavy atom. The van der Waals surface area contributed by atoms with Gasteiger partial charge in [-0.15, -0.1) is 0 Å². The Morgan fingerprint density at radius 3 is 3.12 bits per heavy atom. The lowest BCUT2D eigenvalue weighted by molar-refractivity contribution is 0.405. The van der Waals surface area contributed by atoms with Gasteiger partial charge in [0.25, 0.3) is 0 Å². The molecule has 0 radical (unpaired) electrons. The number of benzene rings is 1. The molecule has 2 heterocycles. The van der Waals surface area contributed by atoms with Crippen molar-refractivity contribution in [3.8, 4) is 0 Å². The third kappa shape index (κ3) is 1.52. The summed E-state index contributed by atoms with van der Waals surface area (Å²) in [5.41, 5.74) is 2.82. The maximum atomic E-state index is 6.10. The van der Waals surface area contributed by atoms with E-state index in [4.69, 9.17) is 11.6 Å². The van der Waals surface area contributed by atoms with E-state index in [0.717, 1.165) is 24.5 Å². The summed E-state index contributed by atoms with van der Waals surface area (Å²) in [4.78, 5) is 2.58. The second kappa shape index (κ2) is 3.94. The predicted octanol–water partition coefficient (Wildman–Crippen LogP) is 2.45. The van der Waals surface area contributed by atoms with E-state index in [0.29, 0.717) is 12.1 Å². The van der Waals surface area contributed by atoms with Crippen molar-refractivity contribution in [3.63, 3.8) is 0 Å². The molecule has 1 fully saturated rings. The zero-order chi connectivity index (χ0) is 11.1. The van der Waals surface area contributed by atoms with Crippen LogP contribution in [-0.4, -0.2) is 25.2 Å². The first-order valence-electron chi connectivity index (χ1n) is 6.07. The van der Waals surface area contributed by atoms with Crippen LogP contribution in [0, 0.1) is 0 Å². The molecule has 2 aliphatic rings. The molecule has 1 aromatic rings. The number of nitrogens with zero attached hydrogens (tertiary/aromatic N) is 1. The summed E-state index contributed by atoms with van der Waals surface area (Å²) in [6.07, 6.45) is 2.35. The first-order chi connectivity index (χ1) is 7.79. The van der Waals surface area contributed by atoms with Crippen LogP contribution in [0.2, 0.25) is 5.02 Å². The van der Waals surface area contributed by atoms with Crippen molar-refractivity contribution in [3.05, 3.63) is 28.8 Å². The van der Waals surface area contributed by atoms with Gasteiger partial charge in [0, 0.05) is 35.9 Å². The molecule has 2 atom stereocenters. The second-order valence-electron chi connectivity index (χ2n) is 4.76. The lowest BCUT2D eigenvalue weighted by Crippen LogP contribution is -2.55. The molecule has 0 bridgehead atoms. The Hall–Kier alpha value is -0.730. The van der Waals surface area contributed by atoms with Gasteiger partial charge in [-0.3, -0.25) is 0 Å². The average Bonchev–Trinajstić information content (AvgIpc) is 2.66. The molecule has 16 heavy (non-hydrogen) atoms. The van der Waals surface area contributed by atoms with Crippen LogP contribution >= 0.6 is 11.6 Å². The molecular weight excluding hydrogens is 220 g/mol. The summed E-state index contributed by atoms with van der Waals surface area (Å²) in [6.45, 7) is 4.46. The Bertz CT molecular complexity index is 399. The van der Waals surface area contributed by atoms with E-state index < -0.39 is 0 Å². The fourth-order valence-corrected chi connectivity index (χ4v) is 3.19. The number of piperazine rings is 1. The molecule has 0 amide bonds. The monoisotopic (exact) mass is 236 g/mol. The fraction of sp³-hybridized carbons (Fsp3) is 0.538. The first-order valence-corrected chi connectivity index (χ1v) is 6.45. The van der Waals surface area contributed by atoms with Gasteiger partial charge in [-0.05, 0) is 30.5 Å². The van der Waals surface area contributed by atoms with Gasteiger partial charge in [0.1, 0.15) is 0 Å². The summed E-state index contributed by atoms with van der Waals surface area (Å²) >= 11 is 6.10. The van der Waals surface area contributed by atoms with E-state index in [2.05, 4.69) is 29.3 Å². The largest absolute Gasteiger partial charge is 0.362 e. The van der Waals surface area contributed by atoms with Crippen LogP contribution < -0.4 is 10.2 Å². The molecule has 3 rings (SSSR count). The van der Waals surface area contributed by atoms with Crippen LogP contribution in [-0.2, 0) is 6.42 Å². The number of fused-ring (bicyclic) bond motifs is 3. The summed E-state index contributed by atoms with van der Waals surface area (Å²) in [7, 11) is 0. The van der Waals surface area contributed by atoms with E-state index in [9.17, 15) is 0 Å². The Kier molecular flexibility index (Phi) is 2.56. The topological polar surface area (TPSA) is 15.3 Å². The van der Waals surface area contributed by atoms with Crippen LogP contribution in [0.25, 0.3) is 0 Å². The van der Waals surface area contributed by atoms with Crippen LogP contribution in [0.4, 0.5) is 5.69 Å². The predicted molar refractivity (Wildman–Crippen MR) is 68.4 cm³/mol. The first kappa shape index (κ1) is 10.4. The van der Waals surface area contributed by atoms with Gasteiger partial charge >= 0.3 is 0 Å². The standard InChI is InChI=1S/C13H17ClN2/c1-2-11-7-15-8-12-5-9-3-4-10(14)6-13(9)16(11)12/h3-4,6,11-12,15H,2,5,7-8H2,1H3. The molecule has 0 saturated carbocycles. The van der Waals surface area contributed by atoms with E-state index in [1.807, 2.05) is 6.07 Å². The minimum absolute atomic E-state index is 0.624. The number of nitrogens with one attached hydrogen (secondary N) is 1. The molecule has 2 unspecified atom stereocenters. The molecule has 0 aromatic heterocycles. The maximum absolute atomic E-state index is 6.10. The van der Waals surface area contributed by atoms with Crippen LogP contribution in [0.3, 0.4) is 0 Å². The highest BCUT2D eigenvalue weighted by Crippen LogP contribution is 2.37. The van der Waals surface area contributed by atoms with Gasteiger partial charge < -0.3 is 10.2 Å². The van der Waals surface area contributed by atoms with Gasteiger partial charge in [-0.1, -0.05) is 24.6 Å². The average molecular weight is 237 g/mol. The van der Waals surface area contributed by atoms with Crippen LogP contribution in [0.5, 0.6) is 0 Å². The highest BCUT2D eigenvalue weighted by atomic mass is 35.5. The van der Waals surface area contributed by atoms with E-state index in [1.54, 1.807) is 0 Å². The number of halogens is 1. The Balaban J connectivity index is 2.01. The number of anilines is 1. The molecule has 1 N–H and O–H groups in total. The number of hydrogen-bond acceptors (Lipinski definition) is 2. The molecule has 86 valence electrons. The van der Waals surface area contributed by atoms with Crippen molar-refractivity contribution in [2.24, 2.45) is 0 Å². The second-order valence-corrected chi connectivity index (χ2v) is 5.20. The SMILES string of the molecule is CCC1CNCC2Cc3ccc(Cl)cc3N12. The molecule has 3 heteroatoms. The van der Waals surface area contributed by atoms with Gasteiger partial charge in [0.15, 0.2) is 0 Å². The minimum atomic E-state index is 0.624. The van der Waals surface area contributed by atoms with Crippen molar-refractivity contribution < 1.29 is 0 Å². The fourth-order valence-electron chi connectivity index (χ4n) is 3.02. The minimum Gasteiger partial charge on any atom is -0.362 e. The molecular formula is C13H17ClN2. The van der Waals surface area contributed by atoms with Crippen LogP contribution in [0.15, 0.2) is 18.2 Å². The maximum Gasteiger partial charge on any atom is 0.0459 e.